The summed E-state index contributed by atoms with van der Waals surface area (Å²) in [6.07, 6.45) is 2.12. The van der Waals surface area contributed by atoms with Crippen LogP contribution in [0.4, 0.5) is 11.4 Å². The lowest BCUT2D eigenvalue weighted by atomic mass is 9.96. The van der Waals surface area contributed by atoms with E-state index in [1.54, 1.807) is 0 Å². The zero-order chi connectivity index (χ0) is 29.9. The first-order valence-electron chi connectivity index (χ1n) is 14.9. The van der Waals surface area contributed by atoms with Crippen LogP contribution < -0.4 is 15.5 Å². The van der Waals surface area contributed by atoms with Gasteiger partial charge >= 0.3 is 0 Å². The second kappa shape index (κ2) is 12.6. The second-order valence-electron chi connectivity index (χ2n) is 11.3. The van der Waals surface area contributed by atoms with Crippen molar-refractivity contribution < 1.29 is 9.53 Å². The second-order valence-corrected chi connectivity index (χ2v) is 11.7. The molecule has 1 amide bonds. The summed E-state index contributed by atoms with van der Waals surface area (Å²) in [5, 5.41) is 7.19. The molecule has 2 atom stereocenters. The van der Waals surface area contributed by atoms with Crippen LogP contribution >= 0.6 is 12.2 Å². The first-order valence-corrected chi connectivity index (χ1v) is 15.3. The maximum atomic E-state index is 13.0. The molecule has 2 aromatic heterocycles. The molecule has 0 unspecified atom stereocenters. The number of aromatic nitrogens is 2. The van der Waals surface area contributed by atoms with Crippen molar-refractivity contribution in [3.8, 4) is 5.69 Å². The van der Waals surface area contributed by atoms with Crippen molar-refractivity contribution in [1.29, 1.82) is 0 Å². The van der Waals surface area contributed by atoms with E-state index < -0.39 is 0 Å². The Balaban J connectivity index is 1.28. The number of pyridine rings is 1. The molecule has 9 heteroatoms. The van der Waals surface area contributed by atoms with E-state index in [-0.39, 0.29) is 18.0 Å². The molecule has 0 bridgehead atoms. The third-order valence-electron chi connectivity index (χ3n) is 8.35. The Morgan fingerprint density at radius 3 is 2.49 bits per heavy atom. The third-order valence-corrected chi connectivity index (χ3v) is 8.70. The van der Waals surface area contributed by atoms with E-state index in [1.165, 1.54) is 5.69 Å². The van der Waals surface area contributed by atoms with Crippen molar-refractivity contribution in [2.24, 2.45) is 0 Å². The standard InChI is InChI=1S/C34H38N6O2S/c1-23-7-6-8-26(21-23)36-31(41)14-16-39-33(32(37-34(39)43)30-9-4-5-15-35-30)29-22-24(2)40(25(29)3)28-12-10-27(11-13-28)38-17-19-42-20-18-38/h4-13,15,21-22,32-33H,14,16-20H2,1-3H3,(H,36,41)(H,37,43)/t32-,33+/m0/s1. The topological polar surface area (TPSA) is 74.7 Å². The number of carbonyl (C=O) groups is 1. The van der Waals surface area contributed by atoms with Crippen molar-refractivity contribution in [2.45, 2.75) is 39.3 Å². The first-order chi connectivity index (χ1) is 20.9. The number of ether oxygens (including phenoxy) is 1. The summed E-state index contributed by atoms with van der Waals surface area (Å²) in [6, 6.07) is 24.6. The molecule has 2 saturated heterocycles. The number of aryl methyl sites for hydroxylation is 2. The molecule has 0 spiro atoms. The number of amides is 1. The summed E-state index contributed by atoms with van der Waals surface area (Å²) in [5.41, 5.74) is 8.60. The monoisotopic (exact) mass is 594 g/mol. The minimum atomic E-state index is -0.147. The minimum Gasteiger partial charge on any atom is -0.378 e. The zero-order valence-electron chi connectivity index (χ0n) is 24.9. The van der Waals surface area contributed by atoms with Crippen molar-refractivity contribution in [3.63, 3.8) is 0 Å². The molecule has 0 aliphatic carbocycles. The fourth-order valence-corrected chi connectivity index (χ4v) is 6.60. The van der Waals surface area contributed by atoms with Crippen LogP contribution in [0.2, 0.25) is 0 Å². The summed E-state index contributed by atoms with van der Waals surface area (Å²) in [5.74, 6) is -0.0423. The summed E-state index contributed by atoms with van der Waals surface area (Å²) in [7, 11) is 0. The molecule has 2 aromatic carbocycles. The van der Waals surface area contributed by atoms with Crippen LogP contribution in [0.15, 0.2) is 79.0 Å². The SMILES string of the molecule is Cc1cccc(NC(=O)CCN2C(=S)N[C@@H](c3ccccn3)[C@H]2c2cc(C)n(-c3ccc(N4CCOCC4)cc3)c2C)c1. The zero-order valence-corrected chi connectivity index (χ0v) is 25.7. The molecule has 2 fully saturated rings. The fraction of sp³-hybridized carbons (Fsp3) is 0.324. The van der Waals surface area contributed by atoms with Gasteiger partial charge in [0.15, 0.2) is 5.11 Å². The highest BCUT2D eigenvalue weighted by Crippen LogP contribution is 2.41. The molecule has 4 aromatic rings. The maximum absolute atomic E-state index is 13.0. The Labute approximate surface area is 258 Å². The third kappa shape index (κ3) is 6.14. The van der Waals surface area contributed by atoms with E-state index in [1.807, 2.05) is 55.6 Å². The van der Waals surface area contributed by atoms with E-state index in [0.717, 1.165) is 65.9 Å². The van der Waals surface area contributed by atoms with E-state index in [0.29, 0.717) is 18.1 Å². The molecule has 2 aliphatic rings. The number of anilines is 2. The molecule has 6 rings (SSSR count). The number of benzene rings is 2. The first kappa shape index (κ1) is 28.9. The quantitative estimate of drug-likeness (QED) is 0.256. The molecule has 4 heterocycles. The smallest absolute Gasteiger partial charge is 0.226 e. The van der Waals surface area contributed by atoms with Crippen molar-refractivity contribution >= 4 is 34.6 Å². The van der Waals surface area contributed by atoms with Crippen LogP contribution in [-0.4, -0.2) is 58.3 Å². The summed E-state index contributed by atoms with van der Waals surface area (Å²) < 4.78 is 7.83. The van der Waals surface area contributed by atoms with Gasteiger partial charge in [0.1, 0.15) is 0 Å². The molecule has 0 radical (unpaired) electrons. The van der Waals surface area contributed by atoms with E-state index in [2.05, 4.69) is 74.2 Å². The molecule has 2 N–H and O–H groups in total. The number of nitrogens with one attached hydrogen (secondary N) is 2. The number of hydrogen-bond acceptors (Lipinski definition) is 5. The lowest BCUT2D eigenvalue weighted by Gasteiger charge is -2.29. The summed E-state index contributed by atoms with van der Waals surface area (Å²) in [4.78, 5) is 22.2. The molecule has 2 aliphatic heterocycles. The number of hydrogen-bond donors (Lipinski definition) is 2. The lowest BCUT2D eigenvalue weighted by molar-refractivity contribution is -0.116. The van der Waals surface area contributed by atoms with Crippen LogP contribution in [0, 0.1) is 20.8 Å². The Hall–Kier alpha value is -4.21. The van der Waals surface area contributed by atoms with E-state index in [4.69, 9.17) is 17.0 Å². The van der Waals surface area contributed by atoms with Gasteiger partial charge in [0, 0.05) is 60.7 Å². The predicted molar refractivity (Wildman–Crippen MR) is 175 cm³/mol. The van der Waals surface area contributed by atoms with Gasteiger partial charge in [-0.3, -0.25) is 9.78 Å². The summed E-state index contributed by atoms with van der Waals surface area (Å²) in [6.45, 7) is 10.1. The van der Waals surface area contributed by atoms with E-state index in [9.17, 15) is 4.79 Å². The lowest BCUT2D eigenvalue weighted by Crippen LogP contribution is -2.36. The highest BCUT2D eigenvalue weighted by molar-refractivity contribution is 7.80. The molecular formula is C34H38N6O2S. The van der Waals surface area contributed by atoms with Crippen molar-refractivity contribution in [2.75, 3.05) is 43.1 Å². The number of thiocarbonyl (C=S) groups is 1. The van der Waals surface area contributed by atoms with Crippen LogP contribution in [0.3, 0.4) is 0 Å². The van der Waals surface area contributed by atoms with Gasteiger partial charge in [0.25, 0.3) is 0 Å². The molecule has 43 heavy (non-hydrogen) atoms. The van der Waals surface area contributed by atoms with E-state index >= 15 is 0 Å². The van der Waals surface area contributed by atoms with Gasteiger partial charge < -0.3 is 29.7 Å². The average molecular weight is 595 g/mol. The van der Waals surface area contributed by atoms with Gasteiger partial charge in [-0.1, -0.05) is 18.2 Å². The maximum Gasteiger partial charge on any atom is 0.226 e. The highest BCUT2D eigenvalue weighted by atomic mass is 32.1. The molecule has 0 saturated carbocycles. The van der Waals surface area contributed by atoms with Crippen LogP contribution in [0.5, 0.6) is 0 Å². The van der Waals surface area contributed by atoms with Gasteiger partial charge in [-0.05, 0) is 98.7 Å². The molecule has 8 nitrogen and oxygen atoms in total. The van der Waals surface area contributed by atoms with Gasteiger partial charge in [0.2, 0.25) is 5.91 Å². The Morgan fingerprint density at radius 2 is 1.77 bits per heavy atom. The molecular weight excluding hydrogens is 556 g/mol. The van der Waals surface area contributed by atoms with Crippen molar-refractivity contribution in [1.82, 2.24) is 19.8 Å². The fourth-order valence-electron chi connectivity index (χ4n) is 6.27. The van der Waals surface area contributed by atoms with Gasteiger partial charge in [0.05, 0.1) is 31.0 Å². The van der Waals surface area contributed by atoms with Crippen LogP contribution in [-0.2, 0) is 9.53 Å². The average Bonchev–Trinajstić information content (AvgIpc) is 3.51. The number of carbonyl (C=O) groups excluding carboxylic acids is 1. The molecule has 222 valence electrons. The summed E-state index contributed by atoms with van der Waals surface area (Å²) >= 11 is 5.88. The normalized spacial score (nSPS) is 18.5. The minimum absolute atomic E-state index is 0.0423. The predicted octanol–water partition coefficient (Wildman–Crippen LogP) is 5.64. The van der Waals surface area contributed by atoms with Gasteiger partial charge in [-0.15, -0.1) is 0 Å². The number of morpholine rings is 1. The number of nitrogens with zero attached hydrogens (tertiary/aromatic N) is 4. The van der Waals surface area contributed by atoms with Gasteiger partial charge in [-0.25, -0.2) is 0 Å². The van der Waals surface area contributed by atoms with Crippen LogP contribution in [0.25, 0.3) is 5.69 Å². The van der Waals surface area contributed by atoms with Crippen LogP contribution in [0.1, 0.15) is 46.7 Å². The van der Waals surface area contributed by atoms with Crippen molar-refractivity contribution in [3.05, 3.63) is 107 Å². The largest absolute Gasteiger partial charge is 0.378 e. The Kier molecular flexibility index (Phi) is 8.44. The highest BCUT2D eigenvalue weighted by Gasteiger charge is 2.41. The van der Waals surface area contributed by atoms with Gasteiger partial charge in [-0.2, -0.15) is 0 Å². The number of rotatable bonds is 8. The Morgan fingerprint density at radius 1 is 1.00 bits per heavy atom. The Bertz CT molecular complexity index is 1600.